The van der Waals surface area contributed by atoms with E-state index in [4.69, 9.17) is 0 Å². The zero-order chi connectivity index (χ0) is 33.8. The Hall–Kier alpha value is -6.18. The summed E-state index contributed by atoms with van der Waals surface area (Å²) in [5.41, 5.74) is 5.58. The minimum absolute atomic E-state index is 0.0551. The van der Waals surface area contributed by atoms with Crippen LogP contribution in [0.3, 0.4) is 0 Å². The highest BCUT2D eigenvalue weighted by Crippen LogP contribution is 2.28. The van der Waals surface area contributed by atoms with Gasteiger partial charge in [0.15, 0.2) is 0 Å². The summed E-state index contributed by atoms with van der Waals surface area (Å²) < 4.78 is 0. The zero-order valence-electron chi connectivity index (χ0n) is 26.5. The summed E-state index contributed by atoms with van der Waals surface area (Å²) in [4.78, 5) is 42.7. The maximum Gasteiger partial charge on any atom is 0.272 e. The predicted molar refractivity (Wildman–Crippen MR) is 200 cm³/mol. The van der Waals surface area contributed by atoms with Crippen molar-refractivity contribution in [3.63, 3.8) is 0 Å². The largest absolute Gasteiger partial charge is 0.321 e. The van der Waals surface area contributed by atoms with Gasteiger partial charge in [-0.1, -0.05) is 109 Å². The van der Waals surface area contributed by atoms with E-state index in [9.17, 15) is 14.4 Å². The fraction of sp³-hybridized carbons (Fsp3) is 0.0238. The topological polar surface area (TPSA) is 78.5 Å². The number of carbonyl (C=O) groups is 3. The van der Waals surface area contributed by atoms with Gasteiger partial charge in [-0.15, -0.1) is 11.8 Å². The quantitative estimate of drug-likeness (QED) is 0.107. The molecule has 49 heavy (non-hydrogen) atoms. The van der Waals surface area contributed by atoms with Crippen LogP contribution in [0.2, 0.25) is 0 Å². The normalized spacial score (nSPS) is 11.0. The lowest BCUT2D eigenvalue weighted by Crippen LogP contribution is -2.30. The molecule has 240 valence electrons. The summed E-state index contributed by atoms with van der Waals surface area (Å²) in [5.74, 6) is -0.690. The lowest BCUT2D eigenvalue weighted by molar-refractivity contribution is -0.115. The fourth-order valence-corrected chi connectivity index (χ4v) is 5.89. The highest BCUT2D eigenvalue weighted by atomic mass is 32.2. The zero-order valence-corrected chi connectivity index (χ0v) is 27.3. The third-order valence-electron chi connectivity index (χ3n) is 7.61. The molecule has 0 unspecified atom stereocenters. The van der Waals surface area contributed by atoms with Crippen molar-refractivity contribution >= 4 is 52.6 Å². The number of nitrogens with zero attached hydrogens (tertiary/aromatic N) is 1. The van der Waals surface area contributed by atoms with Crippen LogP contribution >= 0.6 is 11.8 Å². The van der Waals surface area contributed by atoms with E-state index in [2.05, 4.69) is 10.6 Å². The molecule has 2 N–H and O–H groups in total. The molecular weight excluding hydrogens is 627 g/mol. The number of benzene rings is 6. The van der Waals surface area contributed by atoms with Gasteiger partial charge in [0.1, 0.15) is 5.70 Å². The maximum atomic E-state index is 13.6. The lowest BCUT2D eigenvalue weighted by Gasteiger charge is -2.23. The van der Waals surface area contributed by atoms with Gasteiger partial charge >= 0.3 is 0 Å². The fourth-order valence-electron chi connectivity index (χ4n) is 5.15. The molecule has 0 bridgehead atoms. The average molecular weight is 660 g/mol. The van der Waals surface area contributed by atoms with Crippen molar-refractivity contribution in [2.45, 2.75) is 4.90 Å². The average Bonchev–Trinajstić information content (AvgIpc) is 3.16. The van der Waals surface area contributed by atoms with Crippen LogP contribution < -0.4 is 15.5 Å². The van der Waals surface area contributed by atoms with Crippen LogP contribution in [0.4, 0.5) is 17.1 Å². The van der Waals surface area contributed by atoms with Gasteiger partial charge in [0.05, 0.1) is 5.75 Å². The van der Waals surface area contributed by atoms with Crippen molar-refractivity contribution < 1.29 is 14.4 Å². The van der Waals surface area contributed by atoms with Crippen LogP contribution in [-0.2, 0) is 9.59 Å². The van der Waals surface area contributed by atoms with Crippen molar-refractivity contribution in [2.24, 2.45) is 0 Å². The van der Waals surface area contributed by atoms with Crippen LogP contribution in [0.25, 0.3) is 17.2 Å². The third kappa shape index (κ3) is 8.80. The highest BCUT2D eigenvalue weighted by molar-refractivity contribution is 8.00. The number of thioether (sulfide) groups is 1. The number of hydrogen-bond acceptors (Lipinski definition) is 4. The van der Waals surface area contributed by atoms with Gasteiger partial charge in [-0.25, -0.2) is 0 Å². The summed E-state index contributed by atoms with van der Waals surface area (Å²) >= 11 is 1.42. The Kier molecular flexibility index (Phi) is 10.8. The van der Waals surface area contributed by atoms with Crippen LogP contribution in [0.15, 0.2) is 180 Å². The van der Waals surface area contributed by atoms with E-state index in [1.54, 1.807) is 47.4 Å². The molecule has 0 fully saturated rings. The van der Waals surface area contributed by atoms with Gasteiger partial charge in [0.2, 0.25) is 5.91 Å². The molecule has 0 saturated carbocycles. The molecule has 6 rings (SSSR count). The summed E-state index contributed by atoms with van der Waals surface area (Å²) in [6, 6.07) is 53.0. The second kappa shape index (κ2) is 16.1. The molecule has 6 aromatic rings. The van der Waals surface area contributed by atoms with E-state index in [1.165, 1.54) is 11.8 Å². The van der Waals surface area contributed by atoms with E-state index in [-0.39, 0.29) is 23.3 Å². The molecule has 6 nitrogen and oxygen atoms in total. The van der Waals surface area contributed by atoms with Crippen molar-refractivity contribution in [1.82, 2.24) is 5.32 Å². The molecule has 3 amide bonds. The Labute approximate surface area is 290 Å². The van der Waals surface area contributed by atoms with Crippen LogP contribution in [-0.4, -0.2) is 23.5 Å². The van der Waals surface area contributed by atoms with Gasteiger partial charge in [-0.3, -0.25) is 19.3 Å². The molecule has 0 atom stereocenters. The summed E-state index contributed by atoms with van der Waals surface area (Å²) in [5, 5.41) is 5.70. The Balaban J connectivity index is 1.15. The van der Waals surface area contributed by atoms with E-state index < -0.39 is 5.91 Å². The van der Waals surface area contributed by atoms with Gasteiger partial charge in [0, 0.05) is 27.5 Å². The van der Waals surface area contributed by atoms with E-state index in [0.29, 0.717) is 11.3 Å². The molecular formula is C42H33N3O3S. The van der Waals surface area contributed by atoms with E-state index in [1.807, 2.05) is 133 Å². The summed E-state index contributed by atoms with van der Waals surface area (Å²) in [7, 11) is 0. The number of nitrogens with one attached hydrogen (secondary N) is 2. The molecule has 0 saturated heterocycles. The standard InChI is InChI=1S/C42H33N3O3S/c46-40(45(36-17-9-3-10-18-36)37-19-11-4-12-20-37)30-49-38-27-25-35(26-28-38)43-42(48)39(44-41(47)34-15-7-2-8-16-34)29-31-21-23-33(24-22-31)32-13-5-1-6-14-32/h1-29H,30H2,(H,43,48)(H,44,47)/b39-29-. The Morgan fingerprint density at radius 3 is 1.65 bits per heavy atom. The van der Waals surface area contributed by atoms with E-state index in [0.717, 1.165) is 33.0 Å². The Morgan fingerprint density at radius 2 is 1.08 bits per heavy atom. The molecule has 0 aliphatic rings. The smallest absolute Gasteiger partial charge is 0.272 e. The number of hydrogen-bond donors (Lipinski definition) is 2. The first kappa shape index (κ1) is 32.7. The second-order valence-corrected chi connectivity index (χ2v) is 12.1. The number of amides is 3. The SMILES string of the molecule is O=C(Nc1ccc(SCC(=O)N(c2ccccc2)c2ccccc2)cc1)/C(=C/c1ccc(-c2ccccc2)cc1)NC(=O)c1ccccc1. The maximum absolute atomic E-state index is 13.6. The van der Waals surface area contributed by atoms with Crippen LogP contribution in [0, 0.1) is 0 Å². The lowest BCUT2D eigenvalue weighted by atomic mass is 10.0. The molecule has 7 heteroatoms. The van der Waals surface area contributed by atoms with Gasteiger partial charge < -0.3 is 10.6 Å². The Morgan fingerprint density at radius 1 is 0.571 bits per heavy atom. The number of carbonyl (C=O) groups excluding carboxylic acids is 3. The van der Waals surface area contributed by atoms with E-state index >= 15 is 0 Å². The summed E-state index contributed by atoms with van der Waals surface area (Å²) in [6.45, 7) is 0. The first-order valence-corrected chi connectivity index (χ1v) is 16.7. The molecule has 0 aromatic heterocycles. The van der Waals surface area contributed by atoms with Crippen molar-refractivity contribution in [1.29, 1.82) is 0 Å². The number of para-hydroxylation sites is 2. The minimum atomic E-state index is -0.464. The molecule has 0 heterocycles. The van der Waals surface area contributed by atoms with Gasteiger partial charge in [-0.05, 0) is 83.4 Å². The Bertz CT molecular complexity index is 2000. The first-order valence-electron chi connectivity index (χ1n) is 15.7. The van der Waals surface area contributed by atoms with Crippen LogP contribution in [0.5, 0.6) is 0 Å². The van der Waals surface area contributed by atoms with Crippen molar-refractivity contribution in [3.8, 4) is 11.1 Å². The van der Waals surface area contributed by atoms with Crippen molar-refractivity contribution in [3.05, 3.63) is 187 Å². The molecule has 0 spiro atoms. The minimum Gasteiger partial charge on any atom is -0.321 e. The monoisotopic (exact) mass is 659 g/mol. The van der Waals surface area contributed by atoms with Gasteiger partial charge in [-0.2, -0.15) is 0 Å². The summed E-state index contributed by atoms with van der Waals surface area (Å²) in [6.07, 6.45) is 1.66. The third-order valence-corrected chi connectivity index (χ3v) is 8.61. The highest BCUT2D eigenvalue weighted by Gasteiger charge is 2.19. The first-order chi connectivity index (χ1) is 24.0. The molecule has 0 aliphatic carbocycles. The molecule has 6 aromatic carbocycles. The van der Waals surface area contributed by atoms with Crippen LogP contribution in [0.1, 0.15) is 15.9 Å². The van der Waals surface area contributed by atoms with Gasteiger partial charge in [0.25, 0.3) is 11.8 Å². The second-order valence-electron chi connectivity index (χ2n) is 11.0. The number of rotatable bonds is 11. The molecule has 0 aliphatic heterocycles. The van der Waals surface area contributed by atoms with Crippen molar-refractivity contribution in [2.75, 3.05) is 16.0 Å². The predicted octanol–water partition coefficient (Wildman–Crippen LogP) is 9.22. The number of anilines is 3. The molecule has 0 radical (unpaired) electrons.